The molecule has 1 heterocycles. The Bertz CT molecular complexity index is 499. The van der Waals surface area contributed by atoms with Gasteiger partial charge < -0.3 is 10.5 Å². The Morgan fingerprint density at radius 2 is 2.06 bits per heavy atom. The topological polar surface area (TPSA) is 48.1 Å². The van der Waals surface area contributed by atoms with Crippen LogP contribution in [0.2, 0.25) is 0 Å². The van der Waals surface area contributed by atoms with Gasteiger partial charge in [-0.2, -0.15) is 0 Å². The maximum atomic E-state index is 5.51. The van der Waals surface area contributed by atoms with Crippen LogP contribution in [0.25, 0.3) is 0 Å². The smallest absolute Gasteiger partial charge is 0.132 e. The second-order valence-electron chi connectivity index (χ2n) is 3.80. The summed E-state index contributed by atoms with van der Waals surface area (Å²) in [5.74, 6) is 0.871. The first-order chi connectivity index (χ1) is 8.83. The number of ether oxygens (including phenoxy) is 1. The number of hydrogen-bond donors (Lipinski definition) is 1. The van der Waals surface area contributed by atoms with Crippen LogP contribution >= 0.6 is 11.8 Å². The van der Waals surface area contributed by atoms with Gasteiger partial charge in [-0.1, -0.05) is 30.0 Å². The summed E-state index contributed by atoms with van der Waals surface area (Å²) in [6.45, 7) is 0.653. The summed E-state index contributed by atoms with van der Waals surface area (Å²) in [5.41, 5.74) is 6.68. The van der Waals surface area contributed by atoms with E-state index in [0.29, 0.717) is 6.54 Å². The molecule has 1 aromatic carbocycles. The number of nitrogens with two attached hydrogens (primary N) is 1. The molecule has 0 spiro atoms. The highest BCUT2D eigenvalue weighted by Gasteiger charge is 2.04. The molecular formula is C14H16N2OS. The summed E-state index contributed by atoms with van der Waals surface area (Å²) in [6.07, 6.45) is 2.75. The van der Waals surface area contributed by atoms with Crippen LogP contribution in [0.3, 0.4) is 0 Å². The van der Waals surface area contributed by atoms with Crippen LogP contribution in [-0.4, -0.2) is 18.6 Å². The molecular weight excluding hydrogens is 244 g/mol. The Morgan fingerprint density at radius 1 is 1.22 bits per heavy atom. The summed E-state index contributed by atoms with van der Waals surface area (Å²) >= 11 is 1.60. The summed E-state index contributed by atoms with van der Waals surface area (Å²) in [6, 6.07) is 12.0. The van der Waals surface area contributed by atoms with E-state index in [-0.39, 0.29) is 0 Å². The van der Waals surface area contributed by atoms with Gasteiger partial charge in [-0.15, -0.1) is 0 Å². The molecule has 0 aliphatic heterocycles. The van der Waals surface area contributed by atoms with Gasteiger partial charge in [0, 0.05) is 6.20 Å². The summed E-state index contributed by atoms with van der Waals surface area (Å²) in [5, 5.41) is 0.959. The van der Waals surface area contributed by atoms with Crippen molar-refractivity contribution in [3.63, 3.8) is 0 Å². The SMILES string of the molecule is COc1ccccc1Sc1ccc(CCN)cn1. The van der Waals surface area contributed by atoms with E-state index in [0.717, 1.165) is 22.1 Å². The third-order valence-corrected chi connectivity index (χ3v) is 3.52. The lowest BCUT2D eigenvalue weighted by molar-refractivity contribution is 0.405. The van der Waals surface area contributed by atoms with Crippen molar-refractivity contribution < 1.29 is 4.74 Å². The Balaban J connectivity index is 2.13. The fourth-order valence-corrected chi connectivity index (χ4v) is 2.47. The van der Waals surface area contributed by atoms with Crippen LogP contribution in [0.1, 0.15) is 5.56 Å². The van der Waals surface area contributed by atoms with Gasteiger partial charge in [0.15, 0.2) is 0 Å². The van der Waals surface area contributed by atoms with Gasteiger partial charge >= 0.3 is 0 Å². The molecule has 0 aliphatic carbocycles. The Kier molecular flexibility index (Phi) is 4.61. The highest BCUT2D eigenvalue weighted by molar-refractivity contribution is 7.99. The van der Waals surface area contributed by atoms with Crippen molar-refractivity contribution >= 4 is 11.8 Å². The molecule has 1 aromatic heterocycles. The number of rotatable bonds is 5. The number of aromatic nitrogens is 1. The second kappa shape index (κ2) is 6.42. The van der Waals surface area contributed by atoms with Gasteiger partial charge in [-0.25, -0.2) is 4.98 Å². The minimum absolute atomic E-state index is 0.653. The van der Waals surface area contributed by atoms with E-state index in [1.807, 2.05) is 36.5 Å². The quantitative estimate of drug-likeness (QED) is 0.898. The van der Waals surface area contributed by atoms with Crippen LogP contribution < -0.4 is 10.5 Å². The normalized spacial score (nSPS) is 10.3. The maximum Gasteiger partial charge on any atom is 0.132 e. The van der Waals surface area contributed by atoms with Gasteiger partial charge in [0.2, 0.25) is 0 Å². The number of pyridine rings is 1. The largest absolute Gasteiger partial charge is 0.496 e. The van der Waals surface area contributed by atoms with Gasteiger partial charge in [0.25, 0.3) is 0 Å². The zero-order valence-electron chi connectivity index (χ0n) is 10.3. The first-order valence-electron chi connectivity index (χ1n) is 5.79. The number of methoxy groups -OCH3 is 1. The predicted octanol–water partition coefficient (Wildman–Crippen LogP) is 2.74. The van der Waals surface area contributed by atoms with Gasteiger partial charge in [-0.3, -0.25) is 0 Å². The van der Waals surface area contributed by atoms with Crippen LogP contribution in [0, 0.1) is 0 Å². The highest BCUT2D eigenvalue weighted by atomic mass is 32.2. The van der Waals surface area contributed by atoms with E-state index in [1.54, 1.807) is 18.9 Å². The van der Waals surface area contributed by atoms with E-state index in [1.165, 1.54) is 5.56 Å². The molecule has 0 saturated carbocycles. The van der Waals surface area contributed by atoms with E-state index in [4.69, 9.17) is 10.5 Å². The third-order valence-electron chi connectivity index (χ3n) is 2.51. The zero-order chi connectivity index (χ0) is 12.8. The van der Waals surface area contributed by atoms with Gasteiger partial charge in [0.05, 0.1) is 12.0 Å². The molecule has 18 heavy (non-hydrogen) atoms. The lowest BCUT2D eigenvalue weighted by Gasteiger charge is -2.07. The molecule has 0 amide bonds. The van der Waals surface area contributed by atoms with Crippen molar-refractivity contribution in [1.82, 2.24) is 4.98 Å². The van der Waals surface area contributed by atoms with E-state index < -0.39 is 0 Å². The fraction of sp³-hybridized carbons (Fsp3) is 0.214. The highest BCUT2D eigenvalue weighted by Crippen LogP contribution is 2.33. The maximum absolute atomic E-state index is 5.51. The third kappa shape index (κ3) is 3.24. The molecule has 94 valence electrons. The summed E-state index contributed by atoms with van der Waals surface area (Å²) in [7, 11) is 1.68. The van der Waals surface area contributed by atoms with E-state index in [9.17, 15) is 0 Å². The van der Waals surface area contributed by atoms with Crippen LogP contribution in [0.4, 0.5) is 0 Å². The number of nitrogens with zero attached hydrogens (tertiary/aromatic N) is 1. The number of benzene rings is 1. The minimum Gasteiger partial charge on any atom is -0.496 e. The molecule has 0 aliphatic rings. The average Bonchev–Trinajstić information content (AvgIpc) is 2.42. The van der Waals surface area contributed by atoms with Crippen molar-refractivity contribution in [2.45, 2.75) is 16.3 Å². The van der Waals surface area contributed by atoms with E-state index >= 15 is 0 Å². The molecule has 0 bridgehead atoms. The van der Waals surface area contributed by atoms with Crippen LogP contribution in [0.5, 0.6) is 5.75 Å². The Morgan fingerprint density at radius 3 is 2.72 bits per heavy atom. The van der Waals surface area contributed by atoms with Gasteiger partial charge in [0.1, 0.15) is 10.8 Å². The summed E-state index contributed by atoms with van der Waals surface area (Å²) in [4.78, 5) is 5.49. The Hall–Kier alpha value is -1.52. The molecule has 0 radical (unpaired) electrons. The van der Waals surface area contributed by atoms with Crippen molar-refractivity contribution in [2.24, 2.45) is 5.73 Å². The molecule has 0 unspecified atom stereocenters. The standard InChI is InChI=1S/C14H16N2OS/c1-17-12-4-2-3-5-13(12)18-14-7-6-11(8-9-15)10-16-14/h2-7,10H,8-9,15H2,1H3. The number of hydrogen-bond acceptors (Lipinski definition) is 4. The van der Waals surface area contributed by atoms with E-state index in [2.05, 4.69) is 11.1 Å². The van der Waals surface area contributed by atoms with Crippen molar-refractivity contribution in [3.8, 4) is 5.75 Å². The molecule has 2 N–H and O–H groups in total. The van der Waals surface area contributed by atoms with Crippen molar-refractivity contribution in [3.05, 3.63) is 48.2 Å². The van der Waals surface area contributed by atoms with Gasteiger partial charge in [-0.05, 0) is 36.7 Å². The van der Waals surface area contributed by atoms with Crippen LogP contribution in [-0.2, 0) is 6.42 Å². The second-order valence-corrected chi connectivity index (χ2v) is 4.86. The fourth-order valence-electron chi connectivity index (χ4n) is 1.60. The lowest BCUT2D eigenvalue weighted by atomic mass is 10.2. The Labute approximate surface area is 111 Å². The molecule has 2 rings (SSSR count). The number of para-hydroxylation sites is 1. The molecule has 0 saturated heterocycles. The zero-order valence-corrected chi connectivity index (χ0v) is 11.1. The first-order valence-corrected chi connectivity index (χ1v) is 6.61. The lowest BCUT2D eigenvalue weighted by Crippen LogP contribution is -2.02. The van der Waals surface area contributed by atoms with Crippen molar-refractivity contribution in [1.29, 1.82) is 0 Å². The predicted molar refractivity (Wildman–Crippen MR) is 74.1 cm³/mol. The minimum atomic E-state index is 0.653. The van der Waals surface area contributed by atoms with Crippen molar-refractivity contribution in [2.75, 3.05) is 13.7 Å². The average molecular weight is 260 g/mol. The molecule has 4 heteroatoms. The molecule has 3 nitrogen and oxygen atoms in total. The molecule has 0 fully saturated rings. The van der Waals surface area contributed by atoms with Crippen LogP contribution in [0.15, 0.2) is 52.5 Å². The monoisotopic (exact) mass is 260 g/mol. The molecule has 0 atom stereocenters. The first kappa shape index (κ1) is 12.9. The summed E-state index contributed by atoms with van der Waals surface area (Å²) < 4.78 is 5.31. The molecule has 2 aromatic rings.